The zero-order chi connectivity index (χ0) is 24.7. The maximum atomic E-state index is 12.3. The van der Waals surface area contributed by atoms with Crippen molar-refractivity contribution in [1.82, 2.24) is 0 Å². The third-order valence-electron chi connectivity index (χ3n) is 6.86. The van der Waals surface area contributed by atoms with Gasteiger partial charge in [0.15, 0.2) is 0 Å². The van der Waals surface area contributed by atoms with Gasteiger partial charge in [0.2, 0.25) is 0 Å². The molecule has 1 heterocycles. The van der Waals surface area contributed by atoms with Crippen molar-refractivity contribution in [2.45, 2.75) is 76.5 Å². The quantitative estimate of drug-likeness (QED) is 0.246. The van der Waals surface area contributed by atoms with Crippen LogP contribution < -0.4 is 10.4 Å². The van der Waals surface area contributed by atoms with Crippen LogP contribution in [0.1, 0.15) is 59.8 Å². The smallest absolute Gasteiger partial charge is 0.306 e. The molecule has 2 aromatic carbocycles. The molecular formula is C28H40O5Si. The molecule has 0 saturated carbocycles. The van der Waals surface area contributed by atoms with E-state index < -0.39 is 20.0 Å². The first-order valence-electron chi connectivity index (χ1n) is 12.4. The molecule has 0 bridgehead atoms. The van der Waals surface area contributed by atoms with Gasteiger partial charge in [0.1, 0.15) is 18.5 Å². The van der Waals surface area contributed by atoms with E-state index in [0.717, 1.165) is 19.3 Å². The first-order chi connectivity index (χ1) is 16.3. The summed E-state index contributed by atoms with van der Waals surface area (Å²) in [6.07, 6.45) is 3.38. The maximum absolute atomic E-state index is 12.3. The minimum absolute atomic E-state index is 0.125. The lowest BCUT2D eigenvalue weighted by molar-refractivity contribution is -0.185. The Hall–Kier alpha value is -1.99. The molecule has 0 amide bonds. The second-order valence-corrected chi connectivity index (χ2v) is 14.5. The average molecular weight is 485 g/mol. The maximum Gasteiger partial charge on any atom is 0.306 e. The highest BCUT2D eigenvalue weighted by molar-refractivity contribution is 6.99. The van der Waals surface area contributed by atoms with Crippen molar-refractivity contribution >= 4 is 24.7 Å². The van der Waals surface area contributed by atoms with Crippen LogP contribution in [0.15, 0.2) is 60.7 Å². The van der Waals surface area contributed by atoms with Crippen molar-refractivity contribution in [3.05, 3.63) is 60.7 Å². The summed E-state index contributed by atoms with van der Waals surface area (Å²) in [5.41, 5.74) is -0.684. The number of carbonyl (C=O) groups is 1. The Morgan fingerprint density at radius 3 is 2.06 bits per heavy atom. The van der Waals surface area contributed by atoms with Gasteiger partial charge in [-0.1, -0.05) is 94.8 Å². The monoisotopic (exact) mass is 484 g/mol. The minimum atomic E-state index is -2.74. The predicted octanol–water partition coefficient (Wildman–Crippen LogP) is 4.82. The normalized spacial score (nSPS) is 19.7. The lowest BCUT2D eigenvalue weighted by atomic mass is 9.88. The third-order valence-corrected chi connectivity index (χ3v) is 11.9. The van der Waals surface area contributed by atoms with E-state index >= 15 is 0 Å². The number of rotatable bonds is 12. The second-order valence-electron chi connectivity index (χ2n) is 10.2. The minimum Gasteiger partial charge on any atom is -0.456 e. The van der Waals surface area contributed by atoms with Crippen molar-refractivity contribution in [2.75, 3.05) is 20.5 Å². The Morgan fingerprint density at radius 1 is 1.03 bits per heavy atom. The summed E-state index contributed by atoms with van der Waals surface area (Å²) >= 11 is 0. The van der Waals surface area contributed by atoms with Gasteiger partial charge in [0.25, 0.3) is 8.32 Å². The van der Waals surface area contributed by atoms with Crippen LogP contribution >= 0.6 is 0 Å². The Balaban J connectivity index is 2.04. The fourth-order valence-electron chi connectivity index (χ4n) is 5.15. The molecule has 0 radical (unpaired) electrons. The molecule has 6 heteroatoms. The fraction of sp³-hybridized carbons (Fsp3) is 0.536. The topological polar surface area (TPSA) is 54.0 Å². The molecule has 2 aromatic rings. The van der Waals surface area contributed by atoms with Crippen LogP contribution in [0.2, 0.25) is 5.04 Å². The van der Waals surface area contributed by atoms with Crippen LogP contribution in [0.3, 0.4) is 0 Å². The molecule has 3 rings (SSSR count). The Kier molecular flexibility index (Phi) is 9.10. The van der Waals surface area contributed by atoms with Crippen molar-refractivity contribution in [3.8, 4) is 0 Å². The molecule has 1 saturated heterocycles. The van der Waals surface area contributed by atoms with Gasteiger partial charge in [0.05, 0.1) is 6.61 Å². The molecule has 1 aliphatic heterocycles. The number of cyclic esters (lactones) is 1. The number of benzene rings is 2. The van der Waals surface area contributed by atoms with Gasteiger partial charge in [-0.3, -0.25) is 4.79 Å². The van der Waals surface area contributed by atoms with Gasteiger partial charge in [0, 0.05) is 20.0 Å². The van der Waals surface area contributed by atoms with Gasteiger partial charge in [-0.05, 0) is 28.3 Å². The molecule has 2 atom stereocenters. The third kappa shape index (κ3) is 5.62. The highest BCUT2D eigenvalue weighted by Gasteiger charge is 2.53. The molecule has 186 valence electrons. The average Bonchev–Trinajstić information content (AvgIpc) is 3.22. The van der Waals surface area contributed by atoms with Crippen LogP contribution in [0, 0.1) is 0 Å². The molecule has 0 spiro atoms. The molecule has 0 aliphatic carbocycles. The molecule has 0 aromatic heterocycles. The lowest BCUT2D eigenvalue weighted by Gasteiger charge is -2.45. The molecule has 5 nitrogen and oxygen atoms in total. The largest absolute Gasteiger partial charge is 0.456 e. The van der Waals surface area contributed by atoms with Crippen LogP contribution in [0.4, 0.5) is 0 Å². The van der Waals surface area contributed by atoms with Gasteiger partial charge >= 0.3 is 5.97 Å². The number of esters is 1. The van der Waals surface area contributed by atoms with E-state index in [1.165, 1.54) is 10.4 Å². The van der Waals surface area contributed by atoms with E-state index in [1.807, 2.05) is 12.1 Å². The van der Waals surface area contributed by atoms with Crippen molar-refractivity contribution in [2.24, 2.45) is 0 Å². The van der Waals surface area contributed by atoms with Crippen LogP contribution in [-0.4, -0.2) is 46.5 Å². The van der Waals surface area contributed by atoms with Crippen molar-refractivity contribution < 1.29 is 23.4 Å². The summed E-state index contributed by atoms with van der Waals surface area (Å²) in [5.74, 6) is -0.160. The zero-order valence-electron chi connectivity index (χ0n) is 21.3. The van der Waals surface area contributed by atoms with Crippen LogP contribution in [0.25, 0.3) is 0 Å². The Labute approximate surface area is 205 Å². The molecule has 34 heavy (non-hydrogen) atoms. The van der Waals surface area contributed by atoms with E-state index in [9.17, 15) is 4.79 Å². The van der Waals surface area contributed by atoms with E-state index in [0.29, 0.717) is 19.4 Å². The van der Waals surface area contributed by atoms with Crippen LogP contribution in [0.5, 0.6) is 0 Å². The highest BCUT2D eigenvalue weighted by atomic mass is 28.4. The summed E-state index contributed by atoms with van der Waals surface area (Å²) < 4.78 is 24.6. The number of carbonyl (C=O) groups excluding carboxylic acids is 1. The summed E-state index contributed by atoms with van der Waals surface area (Å²) in [6, 6.07) is 21.1. The molecule has 0 N–H and O–H groups in total. The van der Waals surface area contributed by atoms with Gasteiger partial charge in [-0.2, -0.15) is 0 Å². The SMILES string of the molecule is CCCC[C@]1([C@H](CO[Si](c2ccccc2)(c2ccccc2)C(C)(C)C)OCOC)CCC(=O)O1. The summed E-state index contributed by atoms with van der Waals surface area (Å²) in [6.45, 7) is 9.37. The number of unbranched alkanes of at least 4 members (excludes halogenated alkanes) is 1. The molecular weight excluding hydrogens is 444 g/mol. The van der Waals surface area contributed by atoms with Gasteiger partial charge in [-0.25, -0.2) is 0 Å². The highest BCUT2D eigenvalue weighted by Crippen LogP contribution is 2.40. The first kappa shape index (κ1) is 26.6. The van der Waals surface area contributed by atoms with Crippen molar-refractivity contribution in [3.63, 3.8) is 0 Å². The number of hydrogen-bond donors (Lipinski definition) is 0. The zero-order valence-corrected chi connectivity index (χ0v) is 22.3. The van der Waals surface area contributed by atoms with Crippen LogP contribution in [-0.2, 0) is 23.4 Å². The summed E-state index contributed by atoms with van der Waals surface area (Å²) in [5, 5.41) is 2.28. The Morgan fingerprint density at radius 2 is 1.62 bits per heavy atom. The number of ether oxygens (including phenoxy) is 3. The van der Waals surface area contributed by atoms with E-state index in [2.05, 4.69) is 76.2 Å². The fourth-order valence-corrected chi connectivity index (χ4v) is 9.70. The van der Waals surface area contributed by atoms with Gasteiger partial charge < -0.3 is 18.6 Å². The van der Waals surface area contributed by atoms with E-state index in [4.69, 9.17) is 18.6 Å². The summed E-state index contributed by atoms with van der Waals surface area (Å²) in [7, 11) is -1.13. The molecule has 0 unspecified atom stereocenters. The van der Waals surface area contributed by atoms with E-state index in [1.54, 1.807) is 7.11 Å². The first-order valence-corrected chi connectivity index (χ1v) is 14.3. The standard InChI is InChI=1S/C28H40O5Si/c1-6-7-19-28(20-18-26(29)33-28)25(31-22-30-5)21-32-34(27(2,3)4,23-14-10-8-11-15-23)24-16-12-9-13-17-24/h8-17,25H,6-7,18-22H2,1-5H3/t25-,28+/m0/s1. The number of methoxy groups -OCH3 is 1. The Bertz CT molecular complexity index is 857. The number of hydrogen-bond acceptors (Lipinski definition) is 5. The summed E-state index contributed by atoms with van der Waals surface area (Å²) in [4.78, 5) is 12.3. The predicted molar refractivity (Wildman–Crippen MR) is 138 cm³/mol. The van der Waals surface area contributed by atoms with E-state index in [-0.39, 0.29) is 17.8 Å². The van der Waals surface area contributed by atoms with Crippen molar-refractivity contribution in [1.29, 1.82) is 0 Å². The molecule has 1 fully saturated rings. The van der Waals surface area contributed by atoms with Gasteiger partial charge in [-0.15, -0.1) is 0 Å². The molecule has 1 aliphatic rings. The lowest BCUT2D eigenvalue weighted by Crippen LogP contribution is -2.67. The second kappa shape index (κ2) is 11.6.